The SMILES string of the molecule is COC(=O)[C@H]1COC(=O)N1C1CCN(C(=O)CSC(=S)N(C)C)CC1. The molecule has 0 aromatic rings. The normalized spacial score (nSPS) is 21.1. The highest BCUT2D eigenvalue weighted by Gasteiger charge is 2.44. The van der Waals surface area contributed by atoms with Gasteiger partial charge in [-0.1, -0.05) is 24.0 Å². The summed E-state index contributed by atoms with van der Waals surface area (Å²) in [4.78, 5) is 41.1. The molecule has 8 nitrogen and oxygen atoms in total. The number of nitrogens with zero attached hydrogens (tertiary/aromatic N) is 3. The molecule has 10 heteroatoms. The Morgan fingerprint density at radius 1 is 1.36 bits per heavy atom. The van der Waals surface area contributed by atoms with Crippen molar-refractivity contribution in [3.63, 3.8) is 0 Å². The predicted octanol–water partition coefficient (Wildman–Crippen LogP) is 0.551. The molecule has 2 saturated heterocycles. The van der Waals surface area contributed by atoms with Gasteiger partial charge in [0.1, 0.15) is 10.9 Å². The number of thioether (sulfide) groups is 1. The Hall–Kier alpha value is -1.55. The van der Waals surface area contributed by atoms with Gasteiger partial charge in [0.25, 0.3) is 0 Å². The van der Waals surface area contributed by atoms with Gasteiger partial charge in [-0.2, -0.15) is 0 Å². The van der Waals surface area contributed by atoms with Crippen LogP contribution in [0, 0.1) is 0 Å². The van der Waals surface area contributed by atoms with Crippen LogP contribution in [0.2, 0.25) is 0 Å². The zero-order valence-electron chi connectivity index (χ0n) is 14.6. The van der Waals surface area contributed by atoms with Crippen LogP contribution in [0.3, 0.4) is 0 Å². The highest BCUT2D eigenvalue weighted by atomic mass is 32.2. The first-order valence-electron chi connectivity index (χ1n) is 8.00. The van der Waals surface area contributed by atoms with Gasteiger partial charge in [-0.25, -0.2) is 9.59 Å². The summed E-state index contributed by atoms with van der Waals surface area (Å²) in [6.07, 6.45) is 0.723. The van der Waals surface area contributed by atoms with Crippen molar-refractivity contribution >= 4 is 46.3 Å². The lowest BCUT2D eigenvalue weighted by Gasteiger charge is -2.37. The van der Waals surface area contributed by atoms with E-state index in [2.05, 4.69) is 0 Å². The van der Waals surface area contributed by atoms with Crippen molar-refractivity contribution in [1.82, 2.24) is 14.7 Å². The molecule has 2 amide bonds. The highest BCUT2D eigenvalue weighted by molar-refractivity contribution is 8.23. The van der Waals surface area contributed by atoms with Gasteiger partial charge in [-0.05, 0) is 12.8 Å². The van der Waals surface area contributed by atoms with Crippen LogP contribution in [0.1, 0.15) is 12.8 Å². The number of likely N-dealkylation sites (tertiary alicyclic amines) is 1. The van der Waals surface area contributed by atoms with Crippen LogP contribution in [0.4, 0.5) is 4.79 Å². The van der Waals surface area contributed by atoms with Gasteiger partial charge in [0.2, 0.25) is 5.91 Å². The second-order valence-corrected chi connectivity index (χ2v) is 7.69. The molecule has 0 saturated carbocycles. The number of ether oxygens (including phenoxy) is 2. The molecule has 25 heavy (non-hydrogen) atoms. The smallest absolute Gasteiger partial charge is 0.410 e. The molecule has 2 rings (SSSR count). The van der Waals surface area contributed by atoms with Gasteiger partial charge in [0.15, 0.2) is 6.04 Å². The highest BCUT2D eigenvalue weighted by Crippen LogP contribution is 2.25. The van der Waals surface area contributed by atoms with Crippen molar-refractivity contribution in [3.05, 3.63) is 0 Å². The first-order chi connectivity index (χ1) is 11.8. The molecule has 0 spiro atoms. The van der Waals surface area contributed by atoms with Gasteiger partial charge in [-0.3, -0.25) is 9.69 Å². The molecule has 2 aliphatic heterocycles. The molecule has 1 atom stereocenters. The third kappa shape index (κ3) is 4.75. The van der Waals surface area contributed by atoms with E-state index < -0.39 is 18.1 Å². The minimum absolute atomic E-state index is 0.0171. The van der Waals surface area contributed by atoms with Crippen LogP contribution in [0.5, 0.6) is 0 Å². The summed E-state index contributed by atoms with van der Waals surface area (Å²) in [6.45, 7) is 1.09. The van der Waals surface area contributed by atoms with Crippen LogP contribution < -0.4 is 0 Å². The van der Waals surface area contributed by atoms with E-state index >= 15 is 0 Å². The number of carbonyl (C=O) groups is 3. The fraction of sp³-hybridized carbons (Fsp3) is 0.733. The average Bonchev–Trinajstić information content (AvgIpc) is 3.00. The van der Waals surface area contributed by atoms with Crippen LogP contribution in [0.25, 0.3) is 0 Å². The molecule has 140 valence electrons. The average molecular weight is 389 g/mol. The molecule has 2 aliphatic rings. The molecule has 0 unspecified atom stereocenters. The van der Waals surface area contributed by atoms with Gasteiger partial charge < -0.3 is 19.3 Å². The number of rotatable bonds is 4. The number of carbonyl (C=O) groups excluding carboxylic acids is 3. The molecule has 2 heterocycles. The lowest BCUT2D eigenvalue weighted by atomic mass is 10.0. The van der Waals surface area contributed by atoms with E-state index in [0.717, 1.165) is 0 Å². The Kier molecular flexibility index (Phi) is 6.88. The van der Waals surface area contributed by atoms with E-state index in [9.17, 15) is 14.4 Å². The number of cyclic esters (lactones) is 1. The topological polar surface area (TPSA) is 79.4 Å². The summed E-state index contributed by atoms with van der Waals surface area (Å²) in [6, 6.07) is -0.823. The van der Waals surface area contributed by atoms with Crippen molar-refractivity contribution in [2.45, 2.75) is 24.9 Å². The first-order valence-corrected chi connectivity index (χ1v) is 9.39. The molecule has 0 aliphatic carbocycles. The van der Waals surface area contributed by atoms with Crippen LogP contribution in [0.15, 0.2) is 0 Å². The molecule has 0 aromatic carbocycles. The van der Waals surface area contributed by atoms with E-state index in [0.29, 0.717) is 36.0 Å². The number of methoxy groups -OCH3 is 1. The monoisotopic (exact) mass is 389 g/mol. The summed E-state index contributed by atoms with van der Waals surface area (Å²) in [7, 11) is 4.98. The van der Waals surface area contributed by atoms with Crippen molar-refractivity contribution in [3.8, 4) is 0 Å². The summed E-state index contributed by atoms with van der Waals surface area (Å²) in [5.41, 5.74) is 0. The second kappa shape index (κ2) is 8.70. The maximum absolute atomic E-state index is 12.3. The molecular formula is C15H23N3O5S2. The lowest BCUT2D eigenvalue weighted by Crippen LogP contribution is -2.52. The molecule has 0 N–H and O–H groups in total. The molecular weight excluding hydrogens is 366 g/mol. The van der Waals surface area contributed by atoms with Crippen molar-refractivity contribution in [2.24, 2.45) is 0 Å². The minimum atomic E-state index is -0.697. The van der Waals surface area contributed by atoms with Crippen LogP contribution in [-0.2, 0) is 19.1 Å². The Balaban J connectivity index is 1.86. The van der Waals surface area contributed by atoms with E-state index in [1.807, 2.05) is 14.1 Å². The molecule has 2 fully saturated rings. The minimum Gasteiger partial charge on any atom is -0.467 e. The zero-order chi connectivity index (χ0) is 18.6. The number of thiocarbonyl (C=S) groups is 1. The molecule has 0 radical (unpaired) electrons. The maximum atomic E-state index is 12.3. The second-order valence-electron chi connectivity index (χ2n) is 6.08. The van der Waals surface area contributed by atoms with E-state index in [1.54, 1.807) is 9.80 Å². The Morgan fingerprint density at radius 2 is 2.00 bits per heavy atom. The van der Waals surface area contributed by atoms with Gasteiger partial charge in [0, 0.05) is 33.2 Å². The van der Waals surface area contributed by atoms with Crippen molar-refractivity contribution in [2.75, 3.05) is 46.7 Å². The van der Waals surface area contributed by atoms with Gasteiger partial charge in [0.05, 0.1) is 12.9 Å². The number of amides is 2. The summed E-state index contributed by atoms with van der Waals surface area (Å²) in [5, 5.41) is 0. The number of piperidine rings is 1. The van der Waals surface area contributed by atoms with Crippen LogP contribution in [-0.4, -0.2) is 95.7 Å². The van der Waals surface area contributed by atoms with Crippen molar-refractivity contribution in [1.29, 1.82) is 0 Å². The largest absolute Gasteiger partial charge is 0.467 e. The number of hydrogen-bond acceptors (Lipinski definition) is 7. The lowest BCUT2D eigenvalue weighted by molar-refractivity contribution is -0.146. The van der Waals surface area contributed by atoms with E-state index in [1.165, 1.54) is 23.8 Å². The van der Waals surface area contributed by atoms with Gasteiger partial charge in [-0.15, -0.1) is 0 Å². The van der Waals surface area contributed by atoms with E-state index in [-0.39, 0.29) is 18.6 Å². The van der Waals surface area contributed by atoms with Gasteiger partial charge >= 0.3 is 12.1 Å². The quantitative estimate of drug-likeness (QED) is 0.510. The first kappa shape index (κ1) is 19.8. The third-order valence-corrected chi connectivity index (χ3v) is 6.00. The molecule has 0 bridgehead atoms. The fourth-order valence-corrected chi connectivity index (χ4v) is 3.76. The van der Waals surface area contributed by atoms with Crippen LogP contribution >= 0.6 is 24.0 Å². The van der Waals surface area contributed by atoms with Crippen molar-refractivity contribution < 1.29 is 23.9 Å². The summed E-state index contributed by atoms with van der Waals surface area (Å²) < 4.78 is 10.4. The van der Waals surface area contributed by atoms with E-state index in [4.69, 9.17) is 21.7 Å². The summed E-state index contributed by atoms with van der Waals surface area (Å²) in [5.74, 6) is -0.141. The number of esters is 1. The number of hydrogen-bond donors (Lipinski definition) is 0. The third-order valence-electron chi connectivity index (χ3n) is 4.28. The standard InChI is InChI=1S/C15H23N3O5S2/c1-16(2)15(24)25-9-12(19)17-6-4-10(5-7-17)18-11(13(20)22-3)8-23-14(18)21/h10-11H,4-9H2,1-3H3/t11-/m1/s1. The fourth-order valence-electron chi connectivity index (χ4n) is 2.89. The predicted molar refractivity (Wildman–Crippen MR) is 97.3 cm³/mol. The molecule has 0 aromatic heterocycles. The Bertz CT molecular complexity index is 549. The zero-order valence-corrected chi connectivity index (χ0v) is 16.2. The summed E-state index contributed by atoms with van der Waals surface area (Å²) >= 11 is 6.51. The Labute approximate surface area is 156 Å². The maximum Gasteiger partial charge on any atom is 0.410 e. The Morgan fingerprint density at radius 3 is 2.56 bits per heavy atom.